The molecule has 0 amide bonds. The third-order valence-electron chi connectivity index (χ3n) is 11.3. The van der Waals surface area contributed by atoms with Crippen molar-refractivity contribution in [3.05, 3.63) is 192 Å². The molecular weight excluding hydrogens is 619 g/mol. The highest BCUT2D eigenvalue weighted by Crippen LogP contribution is 2.53. The van der Waals surface area contributed by atoms with E-state index < -0.39 is 0 Å². The Morgan fingerprint density at radius 2 is 1.22 bits per heavy atom. The first kappa shape index (κ1) is 28.5. The first-order chi connectivity index (χ1) is 25.3. The highest BCUT2D eigenvalue weighted by Gasteiger charge is 2.37. The molecule has 1 unspecified atom stereocenters. The lowest BCUT2D eigenvalue weighted by Crippen LogP contribution is -2.15. The average molecular weight is 654 g/mol. The van der Waals surface area contributed by atoms with Crippen molar-refractivity contribution in [1.82, 2.24) is 9.13 Å². The fourth-order valence-corrected chi connectivity index (χ4v) is 9.07. The van der Waals surface area contributed by atoms with E-state index in [9.17, 15) is 0 Å². The first-order valence-electron chi connectivity index (χ1n) is 18.1. The maximum Gasteiger partial charge on any atom is 0.0541 e. The molecule has 8 aromatic rings. The van der Waals surface area contributed by atoms with Crippen LogP contribution in [0.3, 0.4) is 0 Å². The lowest BCUT2D eigenvalue weighted by molar-refractivity contribution is 0.831. The maximum absolute atomic E-state index is 2.48. The summed E-state index contributed by atoms with van der Waals surface area (Å²) in [6, 6.07) is 53.5. The summed E-state index contributed by atoms with van der Waals surface area (Å²) in [6.45, 7) is 0. The molecule has 6 aromatic carbocycles. The van der Waals surface area contributed by atoms with E-state index in [0.717, 1.165) is 19.3 Å². The molecule has 51 heavy (non-hydrogen) atoms. The van der Waals surface area contributed by atoms with Crippen LogP contribution in [0.1, 0.15) is 41.1 Å². The van der Waals surface area contributed by atoms with Crippen molar-refractivity contribution in [3.8, 4) is 11.4 Å². The number of rotatable bonds is 4. The summed E-state index contributed by atoms with van der Waals surface area (Å²) in [5.74, 6) is 0.242. The van der Waals surface area contributed by atoms with Crippen LogP contribution < -0.4 is 4.90 Å². The van der Waals surface area contributed by atoms with E-state index in [0.29, 0.717) is 0 Å². The van der Waals surface area contributed by atoms with E-state index in [1.54, 1.807) is 0 Å². The van der Waals surface area contributed by atoms with Crippen LogP contribution in [-0.2, 0) is 6.42 Å². The van der Waals surface area contributed by atoms with Gasteiger partial charge in [-0.3, -0.25) is 0 Å². The summed E-state index contributed by atoms with van der Waals surface area (Å²) < 4.78 is 4.92. The number of aromatic nitrogens is 2. The SMILES string of the molecule is C1=Cc2c(n(-c3ccccc3)c3ccc(C4=CC=C5C(C4)c4cc(-n6c7ccccc7c7ccccc76)ccc4N5c4ccccc4)cc23)CC1. The van der Waals surface area contributed by atoms with Gasteiger partial charge in [-0.25, -0.2) is 0 Å². The van der Waals surface area contributed by atoms with Crippen molar-refractivity contribution in [1.29, 1.82) is 0 Å². The van der Waals surface area contributed by atoms with Gasteiger partial charge in [0.2, 0.25) is 0 Å². The van der Waals surface area contributed by atoms with E-state index in [4.69, 9.17) is 0 Å². The van der Waals surface area contributed by atoms with Crippen LogP contribution in [-0.4, -0.2) is 9.13 Å². The monoisotopic (exact) mass is 653 g/mol. The molecule has 2 aromatic heterocycles. The van der Waals surface area contributed by atoms with Gasteiger partial charge in [0.25, 0.3) is 0 Å². The summed E-state index contributed by atoms with van der Waals surface area (Å²) >= 11 is 0. The van der Waals surface area contributed by atoms with Crippen LogP contribution in [0.15, 0.2) is 170 Å². The quantitative estimate of drug-likeness (QED) is 0.184. The zero-order chi connectivity index (χ0) is 33.5. The summed E-state index contributed by atoms with van der Waals surface area (Å²) in [5, 5.41) is 3.91. The molecular formula is C48H35N3. The van der Waals surface area contributed by atoms with E-state index in [-0.39, 0.29) is 5.92 Å². The van der Waals surface area contributed by atoms with Gasteiger partial charge in [-0.05, 0) is 109 Å². The summed E-state index contributed by atoms with van der Waals surface area (Å²) in [7, 11) is 0. The van der Waals surface area contributed by atoms with Crippen LogP contribution >= 0.6 is 0 Å². The van der Waals surface area contributed by atoms with Gasteiger partial charge in [-0.1, -0.05) is 97.1 Å². The molecule has 2 aliphatic carbocycles. The Balaban J connectivity index is 1.06. The first-order valence-corrected chi connectivity index (χ1v) is 18.1. The number of fused-ring (bicyclic) bond motifs is 9. The second kappa shape index (κ2) is 11.1. The molecule has 242 valence electrons. The van der Waals surface area contributed by atoms with E-state index in [1.165, 1.54) is 89.1 Å². The maximum atomic E-state index is 2.48. The minimum atomic E-state index is 0.242. The van der Waals surface area contributed by atoms with Crippen molar-refractivity contribution >= 4 is 55.7 Å². The van der Waals surface area contributed by atoms with Crippen LogP contribution in [0, 0.1) is 0 Å². The molecule has 0 radical (unpaired) electrons. The van der Waals surface area contributed by atoms with Crippen molar-refractivity contribution in [2.24, 2.45) is 0 Å². The number of hydrogen-bond acceptors (Lipinski definition) is 1. The van der Waals surface area contributed by atoms with Crippen LogP contribution in [0.4, 0.5) is 11.4 Å². The van der Waals surface area contributed by atoms with Gasteiger partial charge in [0, 0.05) is 61.8 Å². The third-order valence-corrected chi connectivity index (χ3v) is 11.3. The third kappa shape index (κ3) is 4.25. The Morgan fingerprint density at radius 1 is 0.529 bits per heavy atom. The second-order valence-electron chi connectivity index (χ2n) is 14.0. The minimum Gasteiger partial charge on any atom is -0.313 e. The second-order valence-corrected chi connectivity index (χ2v) is 14.0. The summed E-state index contributed by atoms with van der Waals surface area (Å²) in [5.41, 5.74) is 16.9. The number of hydrogen-bond donors (Lipinski definition) is 0. The lowest BCUT2D eigenvalue weighted by Gasteiger charge is -2.26. The fourth-order valence-electron chi connectivity index (χ4n) is 9.07. The normalized spacial score (nSPS) is 16.3. The summed E-state index contributed by atoms with van der Waals surface area (Å²) in [6.07, 6.45) is 12.5. The van der Waals surface area contributed by atoms with Gasteiger partial charge in [-0.2, -0.15) is 0 Å². The topological polar surface area (TPSA) is 13.1 Å². The van der Waals surface area contributed by atoms with Crippen molar-refractivity contribution in [2.75, 3.05) is 4.90 Å². The van der Waals surface area contributed by atoms with Crippen LogP contribution in [0.5, 0.6) is 0 Å². The fraction of sp³-hybridized carbons (Fsp3) is 0.0833. The highest BCUT2D eigenvalue weighted by atomic mass is 15.2. The van der Waals surface area contributed by atoms with Crippen LogP contribution in [0.25, 0.3) is 55.7 Å². The van der Waals surface area contributed by atoms with Gasteiger partial charge >= 0.3 is 0 Å². The Kier molecular flexibility index (Phi) is 6.20. The minimum absolute atomic E-state index is 0.242. The van der Waals surface area contributed by atoms with E-state index >= 15 is 0 Å². The molecule has 0 saturated heterocycles. The van der Waals surface area contributed by atoms with E-state index in [1.807, 2.05) is 0 Å². The van der Waals surface area contributed by atoms with Crippen LogP contribution in [0.2, 0.25) is 0 Å². The Labute approximate surface area is 297 Å². The lowest BCUT2D eigenvalue weighted by atomic mass is 9.84. The number of nitrogens with zero attached hydrogens (tertiary/aromatic N) is 3. The molecule has 3 nitrogen and oxygen atoms in total. The predicted molar refractivity (Wildman–Crippen MR) is 213 cm³/mol. The largest absolute Gasteiger partial charge is 0.313 e. The van der Waals surface area contributed by atoms with Crippen molar-refractivity contribution in [2.45, 2.75) is 25.2 Å². The standard InChI is InChI=1S/C48H35N3/c1-3-13-34(14-4-1)49-45-22-12-9-19-39(45)40-29-32(23-26-46(40)49)33-24-27-47-41(30-33)42-31-36(25-28-48(42)50(47)35-15-5-2-6-16-35)51-43-20-10-7-17-37(43)38-18-8-11-21-44(38)51/h1-11,13-21,23-29,31,41H,12,22,30H2. The number of benzene rings is 6. The molecule has 3 heteroatoms. The molecule has 3 aliphatic rings. The van der Waals surface area contributed by atoms with Gasteiger partial charge < -0.3 is 14.0 Å². The predicted octanol–water partition coefficient (Wildman–Crippen LogP) is 12.3. The number of allylic oxidation sites excluding steroid dienone is 5. The number of anilines is 2. The van der Waals surface area contributed by atoms with Gasteiger partial charge in [0.1, 0.15) is 0 Å². The molecule has 0 N–H and O–H groups in total. The molecule has 0 fully saturated rings. The van der Waals surface area contributed by atoms with E-state index in [2.05, 4.69) is 184 Å². The molecule has 0 saturated carbocycles. The van der Waals surface area contributed by atoms with Crippen molar-refractivity contribution < 1.29 is 0 Å². The molecule has 1 aliphatic heterocycles. The Hall–Kier alpha value is -6.32. The Morgan fingerprint density at radius 3 is 1.98 bits per heavy atom. The number of para-hydroxylation sites is 4. The van der Waals surface area contributed by atoms with Gasteiger partial charge in [0.15, 0.2) is 0 Å². The van der Waals surface area contributed by atoms with Crippen molar-refractivity contribution in [3.63, 3.8) is 0 Å². The average Bonchev–Trinajstić information content (AvgIpc) is 3.83. The Bertz CT molecular complexity index is 2720. The van der Waals surface area contributed by atoms with Gasteiger partial charge in [-0.15, -0.1) is 0 Å². The zero-order valence-corrected chi connectivity index (χ0v) is 28.2. The smallest absolute Gasteiger partial charge is 0.0541 e. The molecule has 0 bridgehead atoms. The summed E-state index contributed by atoms with van der Waals surface area (Å²) in [4.78, 5) is 2.48. The highest BCUT2D eigenvalue weighted by molar-refractivity contribution is 6.09. The van der Waals surface area contributed by atoms with Gasteiger partial charge in [0.05, 0.1) is 16.6 Å². The molecule has 11 rings (SSSR count). The zero-order valence-electron chi connectivity index (χ0n) is 28.2. The molecule has 3 heterocycles. The molecule has 1 atom stereocenters. The molecule has 0 spiro atoms.